The molecular formula is C11H10ClN3S. The van der Waals surface area contributed by atoms with E-state index in [9.17, 15) is 0 Å². The van der Waals surface area contributed by atoms with Crippen molar-refractivity contribution in [1.29, 1.82) is 0 Å². The molecule has 16 heavy (non-hydrogen) atoms. The van der Waals surface area contributed by atoms with E-state index in [0.717, 1.165) is 22.0 Å². The molecule has 2 rings (SSSR count). The van der Waals surface area contributed by atoms with Crippen LogP contribution in [0.15, 0.2) is 41.8 Å². The van der Waals surface area contributed by atoms with E-state index in [4.69, 9.17) is 17.3 Å². The molecule has 0 bridgehead atoms. The van der Waals surface area contributed by atoms with Crippen molar-refractivity contribution in [3.8, 4) is 0 Å². The molecule has 1 heterocycles. The zero-order valence-corrected chi connectivity index (χ0v) is 10.0. The SMILES string of the molecule is Nc1ccc(Cl)cc1CSc1ccncn1. The number of aromatic nitrogens is 2. The predicted octanol–water partition coefficient (Wildman–Crippen LogP) is 3.00. The molecule has 2 aromatic rings. The molecule has 2 N–H and O–H groups in total. The van der Waals surface area contributed by atoms with Crippen molar-refractivity contribution in [2.24, 2.45) is 0 Å². The lowest BCUT2D eigenvalue weighted by atomic mass is 10.2. The highest BCUT2D eigenvalue weighted by atomic mass is 35.5. The van der Waals surface area contributed by atoms with E-state index in [0.29, 0.717) is 5.02 Å². The molecule has 0 saturated heterocycles. The number of halogens is 1. The van der Waals surface area contributed by atoms with Crippen molar-refractivity contribution in [3.05, 3.63) is 47.4 Å². The van der Waals surface area contributed by atoms with Crippen molar-refractivity contribution in [2.45, 2.75) is 10.8 Å². The number of hydrogen-bond acceptors (Lipinski definition) is 4. The topological polar surface area (TPSA) is 51.8 Å². The average molecular weight is 252 g/mol. The molecule has 0 saturated carbocycles. The van der Waals surface area contributed by atoms with Crippen LogP contribution in [0.1, 0.15) is 5.56 Å². The highest BCUT2D eigenvalue weighted by Crippen LogP contribution is 2.25. The number of rotatable bonds is 3. The van der Waals surface area contributed by atoms with Crippen molar-refractivity contribution in [2.75, 3.05) is 5.73 Å². The first kappa shape index (κ1) is 11.2. The van der Waals surface area contributed by atoms with Crippen LogP contribution in [0.3, 0.4) is 0 Å². The summed E-state index contributed by atoms with van der Waals surface area (Å²) in [6, 6.07) is 7.35. The molecule has 1 aromatic heterocycles. The van der Waals surface area contributed by atoms with Gasteiger partial charge in [0.25, 0.3) is 0 Å². The highest BCUT2D eigenvalue weighted by Gasteiger charge is 2.02. The van der Waals surface area contributed by atoms with Crippen LogP contribution >= 0.6 is 23.4 Å². The van der Waals surface area contributed by atoms with E-state index in [1.165, 1.54) is 6.33 Å². The third kappa shape index (κ3) is 2.87. The molecule has 0 fully saturated rings. The van der Waals surface area contributed by atoms with Crippen LogP contribution in [0.5, 0.6) is 0 Å². The number of thioether (sulfide) groups is 1. The van der Waals surface area contributed by atoms with Gasteiger partial charge in [-0.2, -0.15) is 0 Å². The summed E-state index contributed by atoms with van der Waals surface area (Å²) in [5.41, 5.74) is 7.63. The fourth-order valence-electron chi connectivity index (χ4n) is 1.21. The fourth-order valence-corrected chi connectivity index (χ4v) is 2.24. The Bertz CT molecular complexity index is 476. The van der Waals surface area contributed by atoms with Crippen LogP contribution in [0.25, 0.3) is 0 Å². The molecule has 0 aliphatic rings. The van der Waals surface area contributed by atoms with Crippen LogP contribution in [0.4, 0.5) is 5.69 Å². The molecule has 0 atom stereocenters. The van der Waals surface area contributed by atoms with E-state index >= 15 is 0 Å². The molecular weight excluding hydrogens is 242 g/mol. The van der Waals surface area contributed by atoms with Gasteiger partial charge in [0, 0.05) is 22.7 Å². The Kier molecular flexibility index (Phi) is 3.64. The Morgan fingerprint density at radius 2 is 2.19 bits per heavy atom. The molecule has 3 nitrogen and oxygen atoms in total. The van der Waals surface area contributed by atoms with Crippen LogP contribution in [-0.2, 0) is 5.75 Å². The van der Waals surface area contributed by atoms with Crippen LogP contribution in [0, 0.1) is 0 Å². The molecule has 0 aliphatic heterocycles. The minimum atomic E-state index is 0.701. The van der Waals surface area contributed by atoms with E-state index < -0.39 is 0 Å². The van der Waals surface area contributed by atoms with Crippen molar-refractivity contribution < 1.29 is 0 Å². The molecule has 1 aromatic carbocycles. The standard InChI is InChI=1S/C11H10ClN3S/c12-9-1-2-10(13)8(5-9)6-16-11-3-4-14-7-15-11/h1-5,7H,6,13H2. The number of anilines is 1. The van der Waals surface area contributed by atoms with Gasteiger partial charge in [0.1, 0.15) is 6.33 Å². The van der Waals surface area contributed by atoms with Crippen LogP contribution in [-0.4, -0.2) is 9.97 Å². The molecule has 5 heteroatoms. The maximum atomic E-state index is 5.91. The molecule has 0 amide bonds. The van der Waals surface area contributed by atoms with Crippen molar-refractivity contribution in [3.63, 3.8) is 0 Å². The van der Waals surface area contributed by atoms with E-state index in [1.54, 1.807) is 24.0 Å². The van der Waals surface area contributed by atoms with Gasteiger partial charge >= 0.3 is 0 Å². The van der Waals surface area contributed by atoms with Crippen molar-refractivity contribution in [1.82, 2.24) is 9.97 Å². The van der Waals surface area contributed by atoms with Gasteiger partial charge in [-0.15, -0.1) is 11.8 Å². The summed E-state index contributed by atoms with van der Waals surface area (Å²) in [5, 5.41) is 1.63. The summed E-state index contributed by atoms with van der Waals surface area (Å²) < 4.78 is 0. The van der Waals surface area contributed by atoms with Crippen LogP contribution < -0.4 is 5.73 Å². The first-order valence-electron chi connectivity index (χ1n) is 4.68. The fraction of sp³-hybridized carbons (Fsp3) is 0.0909. The van der Waals surface area contributed by atoms with Gasteiger partial charge in [0.05, 0.1) is 5.03 Å². The number of hydrogen-bond donors (Lipinski definition) is 1. The van der Waals surface area contributed by atoms with Crippen molar-refractivity contribution >= 4 is 29.1 Å². The zero-order valence-electron chi connectivity index (χ0n) is 8.43. The largest absolute Gasteiger partial charge is 0.398 e. The summed E-state index contributed by atoms with van der Waals surface area (Å²) in [5.74, 6) is 0.753. The third-order valence-electron chi connectivity index (χ3n) is 2.04. The van der Waals surface area contributed by atoms with E-state index in [2.05, 4.69) is 9.97 Å². The first-order valence-corrected chi connectivity index (χ1v) is 6.05. The second-order valence-corrected chi connectivity index (χ2v) is 4.61. The lowest BCUT2D eigenvalue weighted by molar-refractivity contribution is 1.05. The summed E-state index contributed by atoms with van der Waals surface area (Å²) in [4.78, 5) is 7.99. The molecule has 0 radical (unpaired) electrons. The second kappa shape index (κ2) is 5.18. The first-order chi connectivity index (χ1) is 7.75. The predicted molar refractivity (Wildman–Crippen MR) is 67.5 cm³/mol. The third-order valence-corrected chi connectivity index (χ3v) is 3.26. The average Bonchev–Trinajstić information content (AvgIpc) is 2.32. The molecule has 0 spiro atoms. The number of benzene rings is 1. The van der Waals surface area contributed by atoms with Gasteiger partial charge < -0.3 is 5.73 Å². The van der Waals surface area contributed by atoms with E-state index in [-0.39, 0.29) is 0 Å². The van der Waals surface area contributed by atoms with Gasteiger partial charge in [0.15, 0.2) is 0 Å². The van der Waals surface area contributed by atoms with Gasteiger partial charge in [-0.25, -0.2) is 9.97 Å². The van der Waals surface area contributed by atoms with Gasteiger partial charge in [0.2, 0.25) is 0 Å². The minimum Gasteiger partial charge on any atom is -0.398 e. The Hall–Kier alpha value is -1.26. The quantitative estimate of drug-likeness (QED) is 0.518. The maximum Gasteiger partial charge on any atom is 0.116 e. The maximum absolute atomic E-state index is 5.91. The summed E-state index contributed by atoms with van der Waals surface area (Å²) in [7, 11) is 0. The Balaban J connectivity index is 2.08. The van der Waals surface area contributed by atoms with Crippen LogP contribution in [0.2, 0.25) is 5.02 Å². The Labute approximate surface area is 103 Å². The summed E-state index contributed by atoms with van der Waals surface area (Å²) in [6.07, 6.45) is 3.25. The minimum absolute atomic E-state index is 0.701. The summed E-state index contributed by atoms with van der Waals surface area (Å²) >= 11 is 7.51. The second-order valence-electron chi connectivity index (χ2n) is 3.18. The monoisotopic (exact) mass is 251 g/mol. The van der Waals surface area contributed by atoms with Gasteiger partial charge in [-0.05, 0) is 29.8 Å². The lowest BCUT2D eigenvalue weighted by Gasteiger charge is -2.05. The van der Waals surface area contributed by atoms with Gasteiger partial charge in [-0.1, -0.05) is 11.6 Å². The summed E-state index contributed by atoms with van der Waals surface area (Å²) in [6.45, 7) is 0. The lowest BCUT2D eigenvalue weighted by Crippen LogP contribution is -1.92. The Morgan fingerprint density at radius 1 is 1.31 bits per heavy atom. The highest BCUT2D eigenvalue weighted by molar-refractivity contribution is 7.98. The normalized spacial score (nSPS) is 10.3. The molecule has 0 unspecified atom stereocenters. The Morgan fingerprint density at radius 3 is 2.94 bits per heavy atom. The van der Waals surface area contributed by atoms with E-state index in [1.807, 2.05) is 18.2 Å². The number of nitrogens with two attached hydrogens (primary N) is 1. The number of nitrogen functional groups attached to an aromatic ring is 1. The van der Waals surface area contributed by atoms with Gasteiger partial charge in [-0.3, -0.25) is 0 Å². The number of nitrogens with zero attached hydrogens (tertiary/aromatic N) is 2. The molecule has 0 aliphatic carbocycles. The smallest absolute Gasteiger partial charge is 0.116 e. The zero-order chi connectivity index (χ0) is 11.4. The molecule has 82 valence electrons.